The number of hydrogen-bond donors (Lipinski definition) is 7. The monoisotopic (exact) mass is 913 g/mol. The fourth-order valence-corrected chi connectivity index (χ4v) is 7.53. The molecule has 372 valence electrons. The Balaban J connectivity index is 1.79. The molecule has 0 radical (unpaired) electrons. The van der Waals surface area contributed by atoms with Crippen LogP contribution in [0.4, 0.5) is 0 Å². The summed E-state index contributed by atoms with van der Waals surface area (Å²) < 4.78 is 34.2. The maximum atomic E-state index is 13.0. The summed E-state index contributed by atoms with van der Waals surface area (Å²) in [6, 6.07) is 0. The second-order valence-corrected chi connectivity index (χ2v) is 17.3. The fourth-order valence-electron chi connectivity index (χ4n) is 7.53. The predicted octanol–water partition coefficient (Wildman–Crippen LogP) is 6.79. The van der Waals surface area contributed by atoms with Crippen LogP contribution in [0.3, 0.4) is 0 Å². The van der Waals surface area contributed by atoms with E-state index in [1.807, 2.05) is 0 Å². The van der Waals surface area contributed by atoms with E-state index in [0.29, 0.717) is 13.0 Å². The lowest BCUT2D eigenvalue weighted by Gasteiger charge is -2.42. The maximum Gasteiger partial charge on any atom is 0.306 e. The third kappa shape index (κ3) is 25.7. The second-order valence-electron chi connectivity index (χ2n) is 17.3. The number of aliphatic hydroxyl groups is 7. The fraction of sp³-hybridized carbons (Fsp3) is 0.820. The van der Waals surface area contributed by atoms with Crippen molar-refractivity contribution in [2.75, 3.05) is 33.0 Å². The largest absolute Gasteiger partial charge is 0.457 e. The maximum absolute atomic E-state index is 13.0. The molecule has 0 bridgehead atoms. The summed E-state index contributed by atoms with van der Waals surface area (Å²) >= 11 is 0. The van der Waals surface area contributed by atoms with Crippen LogP contribution in [0.25, 0.3) is 0 Å². The van der Waals surface area contributed by atoms with Crippen LogP contribution in [-0.4, -0.2) is 142 Å². The number of esters is 1. The highest BCUT2D eigenvalue weighted by molar-refractivity contribution is 5.69. The molecule has 0 aromatic rings. The van der Waals surface area contributed by atoms with Gasteiger partial charge in [-0.05, 0) is 70.6 Å². The molecular formula is C50H88O14. The van der Waals surface area contributed by atoms with E-state index >= 15 is 0 Å². The van der Waals surface area contributed by atoms with Gasteiger partial charge in [0.25, 0.3) is 0 Å². The average Bonchev–Trinajstić information content (AvgIpc) is 3.29. The molecule has 11 unspecified atom stereocenters. The molecule has 14 nitrogen and oxygen atoms in total. The van der Waals surface area contributed by atoms with Crippen LogP contribution >= 0.6 is 0 Å². The molecule has 0 spiro atoms. The Hall–Kier alpha value is -2.05. The number of carbonyl (C=O) groups is 1. The van der Waals surface area contributed by atoms with Gasteiger partial charge in [0.15, 0.2) is 12.6 Å². The van der Waals surface area contributed by atoms with Gasteiger partial charge in [0.1, 0.15) is 54.9 Å². The number of aliphatic hydroxyl groups excluding tert-OH is 7. The highest BCUT2D eigenvalue weighted by atomic mass is 16.7. The first-order chi connectivity index (χ1) is 31.1. The van der Waals surface area contributed by atoms with Crippen molar-refractivity contribution in [3.8, 4) is 0 Å². The topological polar surface area (TPSA) is 214 Å². The zero-order chi connectivity index (χ0) is 46.6. The first kappa shape index (κ1) is 58.1. The molecule has 64 heavy (non-hydrogen) atoms. The number of allylic oxidation sites excluding steroid dienone is 8. The molecule has 2 heterocycles. The summed E-state index contributed by atoms with van der Waals surface area (Å²) in [6.07, 6.45) is 26.1. The smallest absolute Gasteiger partial charge is 0.306 e. The SMILES string of the molecule is CC/C=C\C/C=C\C/C=C\CCCCCC(=O)OC(COCCCCCCCC/C=C\CCCCCCCCC)COC1OC(COC2OC(CO)C(O)C(O)C2O)C(O)C(O)C1O. The van der Waals surface area contributed by atoms with Gasteiger partial charge >= 0.3 is 5.97 Å². The molecule has 2 fully saturated rings. The third-order valence-electron chi connectivity index (χ3n) is 11.6. The second kappa shape index (κ2) is 38.0. The molecule has 2 saturated heterocycles. The molecule has 2 rings (SSSR count). The lowest BCUT2D eigenvalue weighted by atomic mass is 9.98. The van der Waals surface area contributed by atoms with Gasteiger partial charge in [-0.2, -0.15) is 0 Å². The van der Waals surface area contributed by atoms with Crippen LogP contribution in [-0.2, 0) is 33.2 Å². The molecule has 2 aliphatic rings. The van der Waals surface area contributed by atoms with Crippen molar-refractivity contribution in [3.05, 3.63) is 48.6 Å². The molecule has 2 aliphatic heterocycles. The van der Waals surface area contributed by atoms with Crippen molar-refractivity contribution < 1.29 is 69.0 Å². The zero-order valence-electron chi connectivity index (χ0n) is 39.3. The molecular weight excluding hydrogens is 825 g/mol. The lowest BCUT2D eigenvalue weighted by Crippen LogP contribution is -2.61. The minimum atomic E-state index is -1.71. The highest BCUT2D eigenvalue weighted by Crippen LogP contribution is 2.26. The molecule has 0 aromatic heterocycles. The molecule has 7 N–H and O–H groups in total. The summed E-state index contributed by atoms with van der Waals surface area (Å²) in [5.41, 5.74) is 0. The van der Waals surface area contributed by atoms with Crippen molar-refractivity contribution in [1.29, 1.82) is 0 Å². The van der Waals surface area contributed by atoms with Crippen LogP contribution in [0.5, 0.6) is 0 Å². The average molecular weight is 913 g/mol. The van der Waals surface area contributed by atoms with Crippen molar-refractivity contribution in [3.63, 3.8) is 0 Å². The third-order valence-corrected chi connectivity index (χ3v) is 11.6. The van der Waals surface area contributed by atoms with Gasteiger partial charge < -0.3 is 64.2 Å². The highest BCUT2D eigenvalue weighted by Gasteiger charge is 2.47. The first-order valence-corrected chi connectivity index (χ1v) is 24.7. The van der Waals surface area contributed by atoms with Gasteiger partial charge in [-0.15, -0.1) is 0 Å². The van der Waals surface area contributed by atoms with Gasteiger partial charge in [0.05, 0.1) is 26.4 Å². The Morgan fingerprint density at radius 2 is 1.02 bits per heavy atom. The minimum Gasteiger partial charge on any atom is -0.457 e. The molecule has 0 aromatic carbocycles. The van der Waals surface area contributed by atoms with Crippen molar-refractivity contribution >= 4 is 5.97 Å². The van der Waals surface area contributed by atoms with Gasteiger partial charge in [-0.25, -0.2) is 0 Å². The van der Waals surface area contributed by atoms with Crippen LogP contribution in [0.15, 0.2) is 48.6 Å². The van der Waals surface area contributed by atoms with E-state index in [1.165, 1.54) is 70.6 Å². The van der Waals surface area contributed by atoms with Crippen molar-refractivity contribution in [2.24, 2.45) is 0 Å². The number of hydrogen-bond acceptors (Lipinski definition) is 14. The number of unbranched alkanes of at least 4 members (excludes halogenated alkanes) is 16. The predicted molar refractivity (Wildman–Crippen MR) is 247 cm³/mol. The van der Waals surface area contributed by atoms with Gasteiger partial charge in [0, 0.05) is 13.0 Å². The standard InChI is InChI=1S/C50H88O14/c1-3-5-7-9-11-13-15-17-18-19-20-22-24-26-28-30-32-34-59-36-39(62-42(52)33-31-29-27-25-23-21-16-14-12-10-8-6-4-2)37-60-49-48(58)46(56)44(54)41(64-49)38-61-50-47(57)45(55)43(53)40(35-51)63-50/h6,8,12,14,18-19,21,23,39-41,43-51,53-58H,3-5,7,9-11,13,15-17,20,22,24-38H2,1-2H3/b8-6-,14-12-,19-18-,23-21-. The first-order valence-electron chi connectivity index (χ1n) is 24.7. The molecule has 0 amide bonds. The quantitative estimate of drug-likeness (QED) is 0.0193. The van der Waals surface area contributed by atoms with Crippen LogP contribution < -0.4 is 0 Å². The number of carbonyl (C=O) groups excluding carboxylic acids is 1. The molecule has 11 atom stereocenters. The summed E-state index contributed by atoms with van der Waals surface area (Å²) in [7, 11) is 0. The molecule has 14 heteroatoms. The van der Waals surface area contributed by atoms with Crippen molar-refractivity contribution in [1.82, 2.24) is 0 Å². The normalized spacial score (nSPS) is 27.1. The van der Waals surface area contributed by atoms with Crippen LogP contribution in [0.1, 0.15) is 162 Å². The number of ether oxygens (including phenoxy) is 6. The van der Waals surface area contributed by atoms with Gasteiger partial charge in [-0.1, -0.05) is 133 Å². The summed E-state index contributed by atoms with van der Waals surface area (Å²) in [5.74, 6) is -0.408. The number of rotatable bonds is 38. The Morgan fingerprint density at radius 1 is 0.531 bits per heavy atom. The summed E-state index contributed by atoms with van der Waals surface area (Å²) in [6.45, 7) is 3.50. The summed E-state index contributed by atoms with van der Waals surface area (Å²) in [5, 5.41) is 72.0. The van der Waals surface area contributed by atoms with Crippen molar-refractivity contribution in [2.45, 2.75) is 229 Å². The van der Waals surface area contributed by atoms with E-state index in [2.05, 4.69) is 62.5 Å². The van der Waals surface area contributed by atoms with E-state index in [1.54, 1.807) is 0 Å². The van der Waals surface area contributed by atoms with Gasteiger partial charge in [0.2, 0.25) is 0 Å². The van der Waals surface area contributed by atoms with E-state index in [0.717, 1.165) is 64.2 Å². The molecule has 0 saturated carbocycles. The minimum absolute atomic E-state index is 0.0444. The Kier molecular flexibility index (Phi) is 34.5. The molecule has 0 aliphatic carbocycles. The Labute approximate surface area is 384 Å². The Morgan fingerprint density at radius 3 is 1.61 bits per heavy atom. The van der Waals surface area contributed by atoms with Crippen LogP contribution in [0, 0.1) is 0 Å². The van der Waals surface area contributed by atoms with E-state index < -0.39 is 86.7 Å². The zero-order valence-corrected chi connectivity index (χ0v) is 39.3. The van der Waals surface area contributed by atoms with E-state index in [4.69, 9.17) is 28.4 Å². The van der Waals surface area contributed by atoms with Gasteiger partial charge in [-0.3, -0.25) is 4.79 Å². The summed E-state index contributed by atoms with van der Waals surface area (Å²) in [4.78, 5) is 13.0. The Bertz CT molecular complexity index is 1240. The van der Waals surface area contributed by atoms with E-state index in [-0.39, 0.29) is 19.6 Å². The lowest BCUT2D eigenvalue weighted by molar-refractivity contribution is -0.332. The van der Waals surface area contributed by atoms with E-state index in [9.17, 15) is 40.5 Å². The van der Waals surface area contributed by atoms with Crippen LogP contribution in [0.2, 0.25) is 0 Å².